The number of carbonyl (C=O) groups is 2. The third-order valence-electron chi connectivity index (χ3n) is 2.53. The SMILES string of the molecule is COc1ccc(C(C)(C)C)cc1C(=O)C(N)=O. The summed E-state index contributed by atoms with van der Waals surface area (Å²) in [5.74, 6) is -1.34. The predicted octanol–water partition coefficient (Wildman–Crippen LogP) is 1.66. The number of methoxy groups -OCH3 is 1. The van der Waals surface area contributed by atoms with E-state index < -0.39 is 11.7 Å². The lowest BCUT2D eigenvalue weighted by molar-refractivity contribution is -0.114. The molecular formula is C13H17NO3. The van der Waals surface area contributed by atoms with Crippen molar-refractivity contribution in [3.8, 4) is 5.75 Å². The maximum atomic E-state index is 11.6. The Bertz CT molecular complexity index is 458. The summed E-state index contributed by atoms with van der Waals surface area (Å²) in [4.78, 5) is 22.6. The molecule has 0 aliphatic carbocycles. The van der Waals surface area contributed by atoms with Crippen molar-refractivity contribution in [1.29, 1.82) is 0 Å². The van der Waals surface area contributed by atoms with Crippen LogP contribution >= 0.6 is 0 Å². The third-order valence-corrected chi connectivity index (χ3v) is 2.53. The van der Waals surface area contributed by atoms with E-state index in [2.05, 4.69) is 0 Å². The van der Waals surface area contributed by atoms with E-state index in [4.69, 9.17) is 10.5 Å². The molecule has 2 N–H and O–H groups in total. The minimum absolute atomic E-state index is 0.112. The number of primary amides is 1. The summed E-state index contributed by atoms with van der Waals surface area (Å²) < 4.78 is 5.06. The summed E-state index contributed by atoms with van der Waals surface area (Å²) >= 11 is 0. The van der Waals surface area contributed by atoms with Gasteiger partial charge >= 0.3 is 0 Å². The van der Waals surface area contributed by atoms with Crippen LogP contribution in [0, 0.1) is 0 Å². The number of ketones is 1. The van der Waals surface area contributed by atoms with Crippen LogP contribution in [0.15, 0.2) is 18.2 Å². The van der Waals surface area contributed by atoms with Crippen LogP contribution in [0.4, 0.5) is 0 Å². The number of ether oxygens (including phenoxy) is 1. The van der Waals surface area contributed by atoms with Crippen molar-refractivity contribution in [2.45, 2.75) is 26.2 Å². The van der Waals surface area contributed by atoms with Crippen molar-refractivity contribution < 1.29 is 14.3 Å². The lowest BCUT2D eigenvalue weighted by Crippen LogP contribution is -2.24. The van der Waals surface area contributed by atoms with E-state index in [1.807, 2.05) is 26.8 Å². The maximum Gasteiger partial charge on any atom is 0.289 e. The van der Waals surface area contributed by atoms with Gasteiger partial charge in [-0.2, -0.15) is 0 Å². The fourth-order valence-corrected chi connectivity index (χ4v) is 1.48. The Morgan fingerprint density at radius 1 is 1.24 bits per heavy atom. The van der Waals surface area contributed by atoms with Crippen LogP contribution in [0.25, 0.3) is 0 Å². The van der Waals surface area contributed by atoms with Gasteiger partial charge in [0.1, 0.15) is 5.75 Å². The number of hydrogen-bond donors (Lipinski definition) is 1. The van der Waals surface area contributed by atoms with E-state index in [0.29, 0.717) is 5.75 Å². The van der Waals surface area contributed by atoms with Crippen molar-refractivity contribution in [3.05, 3.63) is 29.3 Å². The second kappa shape index (κ2) is 4.57. The molecule has 0 bridgehead atoms. The topological polar surface area (TPSA) is 69.4 Å². The largest absolute Gasteiger partial charge is 0.496 e. The van der Waals surface area contributed by atoms with E-state index in [0.717, 1.165) is 5.56 Å². The monoisotopic (exact) mass is 235 g/mol. The van der Waals surface area contributed by atoms with E-state index in [-0.39, 0.29) is 11.0 Å². The number of amides is 1. The maximum absolute atomic E-state index is 11.6. The molecule has 0 radical (unpaired) electrons. The van der Waals surface area contributed by atoms with Gasteiger partial charge in [-0.25, -0.2) is 0 Å². The molecule has 0 fully saturated rings. The first kappa shape index (κ1) is 13.2. The molecule has 1 aromatic rings. The average molecular weight is 235 g/mol. The zero-order valence-electron chi connectivity index (χ0n) is 10.5. The fraction of sp³-hybridized carbons (Fsp3) is 0.385. The molecule has 4 nitrogen and oxygen atoms in total. The normalized spacial score (nSPS) is 11.1. The van der Waals surface area contributed by atoms with Gasteiger partial charge in [0.2, 0.25) is 0 Å². The number of rotatable bonds is 3. The highest BCUT2D eigenvalue weighted by Gasteiger charge is 2.21. The number of benzene rings is 1. The molecule has 0 aliphatic heterocycles. The minimum atomic E-state index is -0.977. The summed E-state index contributed by atoms with van der Waals surface area (Å²) in [7, 11) is 1.45. The number of nitrogens with two attached hydrogens (primary N) is 1. The van der Waals surface area contributed by atoms with E-state index in [1.54, 1.807) is 12.1 Å². The van der Waals surface area contributed by atoms with Crippen LogP contribution in [-0.2, 0) is 10.2 Å². The number of hydrogen-bond acceptors (Lipinski definition) is 3. The van der Waals surface area contributed by atoms with Crippen LogP contribution in [-0.4, -0.2) is 18.8 Å². The van der Waals surface area contributed by atoms with Gasteiger partial charge in [0, 0.05) is 0 Å². The van der Waals surface area contributed by atoms with Crippen LogP contribution in [0.3, 0.4) is 0 Å². The lowest BCUT2D eigenvalue weighted by Gasteiger charge is -2.20. The lowest BCUT2D eigenvalue weighted by atomic mass is 9.85. The van der Waals surface area contributed by atoms with Crippen molar-refractivity contribution in [1.82, 2.24) is 0 Å². The first-order valence-corrected chi connectivity index (χ1v) is 5.30. The standard InChI is InChI=1S/C13H17NO3/c1-13(2,3)8-5-6-10(17-4)9(7-8)11(15)12(14)16/h5-7H,1-4H3,(H2,14,16). The number of Topliss-reactive ketones (excluding diaryl/α,β-unsaturated/α-hetero) is 1. The Labute approximate surface area is 101 Å². The van der Waals surface area contributed by atoms with Gasteiger partial charge in [-0.3, -0.25) is 9.59 Å². The quantitative estimate of drug-likeness (QED) is 0.640. The molecule has 0 unspecified atom stereocenters. The van der Waals surface area contributed by atoms with Crippen LogP contribution in [0.2, 0.25) is 0 Å². The van der Waals surface area contributed by atoms with Crippen LogP contribution in [0.5, 0.6) is 5.75 Å². The molecule has 1 rings (SSSR count). The zero-order chi connectivity index (χ0) is 13.2. The molecule has 17 heavy (non-hydrogen) atoms. The van der Waals surface area contributed by atoms with Crippen LogP contribution in [0.1, 0.15) is 36.7 Å². The van der Waals surface area contributed by atoms with E-state index in [9.17, 15) is 9.59 Å². The molecular weight excluding hydrogens is 218 g/mol. The summed E-state index contributed by atoms with van der Waals surface area (Å²) in [6, 6.07) is 5.21. The smallest absolute Gasteiger partial charge is 0.289 e. The first-order valence-electron chi connectivity index (χ1n) is 5.30. The highest BCUT2D eigenvalue weighted by atomic mass is 16.5. The van der Waals surface area contributed by atoms with Crippen LogP contribution < -0.4 is 10.5 Å². The molecule has 1 aromatic carbocycles. The minimum Gasteiger partial charge on any atom is -0.496 e. The van der Waals surface area contributed by atoms with Crippen molar-refractivity contribution in [2.24, 2.45) is 5.73 Å². The second-order valence-electron chi connectivity index (χ2n) is 4.86. The molecule has 92 valence electrons. The Kier molecular flexibility index (Phi) is 3.56. The summed E-state index contributed by atoms with van der Waals surface area (Å²) in [5, 5.41) is 0. The molecule has 0 spiro atoms. The fourth-order valence-electron chi connectivity index (χ4n) is 1.48. The molecule has 0 saturated heterocycles. The Morgan fingerprint density at radius 3 is 2.24 bits per heavy atom. The first-order chi connectivity index (χ1) is 7.77. The van der Waals surface area contributed by atoms with Gasteiger partial charge in [0.05, 0.1) is 12.7 Å². The molecule has 4 heteroatoms. The van der Waals surface area contributed by atoms with E-state index >= 15 is 0 Å². The molecule has 0 aromatic heterocycles. The molecule has 0 aliphatic rings. The zero-order valence-corrected chi connectivity index (χ0v) is 10.5. The average Bonchev–Trinajstić information content (AvgIpc) is 2.25. The third kappa shape index (κ3) is 2.84. The van der Waals surface area contributed by atoms with E-state index in [1.165, 1.54) is 7.11 Å². The van der Waals surface area contributed by atoms with Crippen molar-refractivity contribution >= 4 is 11.7 Å². The molecule has 0 saturated carbocycles. The molecule has 0 atom stereocenters. The van der Waals surface area contributed by atoms with Gasteiger partial charge in [-0.05, 0) is 23.1 Å². The molecule has 1 amide bonds. The summed E-state index contributed by atoms with van der Waals surface area (Å²) in [6.07, 6.45) is 0. The van der Waals surface area contributed by atoms with Gasteiger partial charge < -0.3 is 10.5 Å². The van der Waals surface area contributed by atoms with Gasteiger partial charge in [-0.15, -0.1) is 0 Å². The second-order valence-corrected chi connectivity index (χ2v) is 4.86. The van der Waals surface area contributed by atoms with Crippen molar-refractivity contribution in [2.75, 3.05) is 7.11 Å². The Hall–Kier alpha value is -1.84. The highest BCUT2D eigenvalue weighted by molar-refractivity contribution is 6.43. The Morgan fingerprint density at radius 2 is 1.82 bits per heavy atom. The summed E-state index contributed by atoms with van der Waals surface area (Å²) in [6.45, 7) is 6.06. The predicted molar refractivity (Wildman–Crippen MR) is 65.2 cm³/mol. The highest BCUT2D eigenvalue weighted by Crippen LogP contribution is 2.28. The van der Waals surface area contributed by atoms with Gasteiger partial charge in [0.25, 0.3) is 11.7 Å². The number of carbonyl (C=O) groups excluding carboxylic acids is 2. The van der Waals surface area contributed by atoms with Gasteiger partial charge in [0.15, 0.2) is 0 Å². The van der Waals surface area contributed by atoms with Gasteiger partial charge in [-0.1, -0.05) is 26.8 Å². The van der Waals surface area contributed by atoms with Crippen molar-refractivity contribution in [3.63, 3.8) is 0 Å². The molecule has 0 heterocycles. The Balaban J connectivity index is 3.35. The summed E-state index contributed by atoms with van der Waals surface area (Å²) in [5.41, 5.74) is 6.06.